The second kappa shape index (κ2) is 11.1. The third-order valence-corrected chi connectivity index (χ3v) is 11.3. The highest BCUT2D eigenvalue weighted by Crippen LogP contribution is 2.53. The van der Waals surface area contributed by atoms with Crippen LogP contribution in [0.1, 0.15) is 76.5 Å². The fourth-order valence-corrected chi connectivity index (χ4v) is 8.95. The summed E-state index contributed by atoms with van der Waals surface area (Å²) in [7, 11) is -8.71. The molecule has 4 heterocycles. The Kier molecular flexibility index (Phi) is 7.86. The van der Waals surface area contributed by atoms with E-state index in [0.29, 0.717) is 42.8 Å². The van der Waals surface area contributed by atoms with E-state index in [2.05, 4.69) is 29.7 Å². The molecule has 4 aliphatic heterocycles. The maximum Gasteiger partial charge on any atom is 0.303 e. The number of hydrogen-bond acceptors (Lipinski definition) is 8. The predicted molar refractivity (Wildman–Crippen MR) is 176 cm³/mol. The molecule has 46 heavy (non-hydrogen) atoms. The first kappa shape index (κ1) is 32.5. The molecule has 2 atom stereocenters. The van der Waals surface area contributed by atoms with Crippen LogP contribution in [0, 0.1) is 0 Å². The second-order valence-corrected chi connectivity index (χ2v) is 16.7. The van der Waals surface area contributed by atoms with Crippen molar-refractivity contribution in [1.82, 2.24) is 0 Å². The van der Waals surface area contributed by atoms with E-state index in [1.54, 1.807) is 12.1 Å². The van der Waals surface area contributed by atoms with Gasteiger partial charge in [-0.1, -0.05) is 26.3 Å². The summed E-state index contributed by atoms with van der Waals surface area (Å²) in [5.41, 5.74) is 4.40. The van der Waals surface area contributed by atoms with Crippen molar-refractivity contribution in [3.63, 3.8) is 0 Å². The number of carboxylic acids is 1. The predicted octanol–water partition coefficient (Wildman–Crippen LogP) is 5.16. The fourth-order valence-electron chi connectivity index (χ4n) is 7.82. The Labute approximate surface area is 270 Å². The Morgan fingerprint density at radius 3 is 2.41 bits per heavy atom. The molecule has 13 heteroatoms. The topological polar surface area (TPSA) is 162 Å². The first-order chi connectivity index (χ1) is 21.4. The number of unbranched alkanes of at least 4 members (excludes halogenated alkanes) is 2. The molecule has 0 amide bonds. The van der Waals surface area contributed by atoms with Gasteiger partial charge in [-0.05, 0) is 73.7 Å². The van der Waals surface area contributed by atoms with Gasteiger partial charge >= 0.3 is 5.97 Å². The van der Waals surface area contributed by atoms with Crippen molar-refractivity contribution in [2.75, 3.05) is 28.6 Å². The number of carbonyl (C=O) groups is 1. The SMILES string of the molecule is CC1(C)c2cc(S(=O)(=O)O)ccc2N2CCC3Oc4cc5c(cc4C=C3C21)C(CS(=O)(=O)O)=CC(C)(C)N5CCCCCC(=O)O. The number of aliphatic carboxylic acids is 1. The van der Waals surface area contributed by atoms with E-state index in [0.717, 1.165) is 40.9 Å². The average Bonchev–Trinajstić information content (AvgIpc) is 3.17. The lowest BCUT2D eigenvalue weighted by atomic mass is 9.73. The summed E-state index contributed by atoms with van der Waals surface area (Å²) in [6.07, 6.45) is 6.59. The molecule has 3 N–H and O–H groups in total. The Hall–Kier alpha value is -3.39. The van der Waals surface area contributed by atoms with Gasteiger partial charge in [-0.2, -0.15) is 16.8 Å². The van der Waals surface area contributed by atoms with Crippen LogP contribution in [0.25, 0.3) is 11.6 Å². The maximum atomic E-state index is 12.1. The molecule has 0 aromatic heterocycles. The largest absolute Gasteiger partial charge is 0.485 e. The lowest BCUT2D eigenvalue weighted by Crippen LogP contribution is -2.52. The zero-order chi connectivity index (χ0) is 33.4. The fraction of sp³-hybridized carbons (Fsp3) is 0.485. The van der Waals surface area contributed by atoms with Crippen LogP contribution in [0.5, 0.6) is 5.75 Å². The van der Waals surface area contributed by atoms with E-state index < -0.39 is 42.9 Å². The summed E-state index contributed by atoms with van der Waals surface area (Å²) < 4.78 is 74.4. The van der Waals surface area contributed by atoms with Crippen LogP contribution in [-0.4, -0.2) is 73.5 Å². The Balaban J connectivity index is 1.41. The lowest BCUT2D eigenvalue weighted by molar-refractivity contribution is -0.137. The average molecular weight is 673 g/mol. The normalized spacial score (nSPS) is 22.4. The van der Waals surface area contributed by atoms with Crippen LogP contribution in [0.15, 0.2) is 46.9 Å². The molecular weight excluding hydrogens is 633 g/mol. The molecule has 248 valence electrons. The third-order valence-electron chi connectivity index (χ3n) is 9.77. The molecule has 0 spiro atoms. The number of hydrogen-bond donors (Lipinski definition) is 3. The van der Waals surface area contributed by atoms with Crippen LogP contribution in [0.2, 0.25) is 0 Å². The zero-order valence-corrected chi connectivity index (χ0v) is 28.0. The smallest absolute Gasteiger partial charge is 0.303 e. The summed E-state index contributed by atoms with van der Waals surface area (Å²) in [6.45, 7) is 9.38. The molecule has 2 unspecified atom stereocenters. The molecule has 2 aromatic carbocycles. The summed E-state index contributed by atoms with van der Waals surface area (Å²) >= 11 is 0. The van der Waals surface area contributed by atoms with Crippen molar-refractivity contribution in [2.24, 2.45) is 0 Å². The summed E-state index contributed by atoms with van der Waals surface area (Å²) in [5.74, 6) is -0.692. The van der Waals surface area contributed by atoms with Gasteiger partial charge in [-0.25, -0.2) is 0 Å². The first-order valence-electron chi connectivity index (χ1n) is 15.5. The number of anilines is 2. The van der Waals surface area contributed by atoms with Gasteiger partial charge in [0.1, 0.15) is 17.6 Å². The van der Waals surface area contributed by atoms with Gasteiger partial charge in [0, 0.05) is 59.9 Å². The molecule has 0 saturated carbocycles. The monoisotopic (exact) mass is 672 g/mol. The number of piperidine rings is 1. The molecule has 0 radical (unpaired) electrons. The van der Waals surface area contributed by atoms with Gasteiger partial charge in [0.05, 0.1) is 16.5 Å². The van der Waals surface area contributed by atoms with Crippen LogP contribution in [-0.2, 0) is 30.4 Å². The van der Waals surface area contributed by atoms with Gasteiger partial charge in [0.25, 0.3) is 20.2 Å². The summed E-state index contributed by atoms with van der Waals surface area (Å²) in [6, 6.07) is 8.46. The van der Waals surface area contributed by atoms with Gasteiger partial charge in [-0.15, -0.1) is 0 Å². The van der Waals surface area contributed by atoms with E-state index in [-0.39, 0.29) is 23.5 Å². The number of carboxylic acid groups (broad SMARTS) is 1. The van der Waals surface area contributed by atoms with Crippen LogP contribution in [0.4, 0.5) is 11.4 Å². The Morgan fingerprint density at radius 2 is 1.74 bits per heavy atom. The quantitative estimate of drug-likeness (QED) is 0.238. The molecule has 0 aliphatic carbocycles. The van der Waals surface area contributed by atoms with E-state index in [4.69, 9.17) is 9.84 Å². The highest BCUT2D eigenvalue weighted by molar-refractivity contribution is 7.86. The van der Waals surface area contributed by atoms with Crippen molar-refractivity contribution in [3.05, 3.63) is 58.7 Å². The highest BCUT2D eigenvalue weighted by atomic mass is 32.2. The number of fused-ring (bicyclic) bond motifs is 7. The molecule has 1 fully saturated rings. The molecule has 0 bridgehead atoms. The molecule has 11 nitrogen and oxygen atoms in total. The van der Waals surface area contributed by atoms with Gasteiger partial charge in [-0.3, -0.25) is 13.9 Å². The molecule has 4 aliphatic rings. The van der Waals surface area contributed by atoms with Crippen molar-refractivity contribution in [3.8, 4) is 5.75 Å². The van der Waals surface area contributed by atoms with Crippen LogP contribution >= 0.6 is 0 Å². The summed E-state index contributed by atoms with van der Waals surface area (Å²) in [5, 5.41) is 9.02. The van der Waals surface area contributed by atoms with Crippen LogP contribution in [0.3, 0.4) is 0 Å². The minimum Gasteiger partial charge on any atom is -0.485 e. The standard InChI is InChI=1S/C33H40N2O9S2/c1-32(2)18-21(19-45(38,39)40)23-14-20-15-24-28(44-29(20)17-27(23)35(32)12-7-5-6-8-30(36)37)11-13-34-26-10-9-22(46(41,42)43)16-25(26)33(3,4)31(24)34/h9-10,14-18,28,31H,5-8,11-13,19H2,1-4H3,(H,36,37)(H,38,39,40)(H,41,42,43). The molecular formula is C33H40N2O9S2. The zero-order valence-electron chi connectivity index (χ0n) is 26.4. The number of rotatable bonds is 9. The molecule has 6 rings (SSSR count). The van der Waals surface area contributed by atoms with E-state index >= 15 is 0 Å². The third kappa shape index (κ3) is 5.82. The Morgan fingerprint density at radius 1 is 1.00 bits per heavy atom. The lowest BCUT2D eigenvalue weighted by Gasteiger charge is -2.46. The number of nitrogens with zero attached hydrogens (tertiary/aromatic N) is 2. The first-order valence-corrected chi connectivity index (χ1v) is 18.5. The van der Waals surface area contributed by atoms with Crippen molar-refractivity contribution >= 4 is 49.2 Å². The number of benzene rings is 2. The van der Waals surface area contributed by atoms with Crippen molar-refractivity contribution in [2.45, 2.75) is 87.8 Å². The maximum absolute atomic E-state index is 12.1. The van der Waals surface area contributed by atoms with Gasteiger partial charge in [0.2, 0.25) is 0 Å². The van der Waals surface area contributed by atoms with E-state index in [1.807, 2.05) is 32.1 Å². The molecule has 1 saturated heterocycles. The minimum absolute atomic E-state index is 0.109. The van der Waals surface area contributed by atoms with Gasteiger partial charge in [0.15, 0.2) is 0 Å². The van der Waals surface area contributed by atoms with E-state index in [9.17, 15) is 30.7 Å². The van der Waals surface area contributed by atoms with Crippen molar-refractivity contribution < 1.29 is 40.6 Å². The second-order valence-electron chi connectivity index (χ2n) is 13.8. The van der Waals surface area contributed by atoms with E-state index in [1.165, 1.54) is 6.07 Å². The number of ether oxygens (including phenoxy) is 1. The minimum atomic E-state index is -4.37. The Bertz CT molecular complexity index is 1890. The van der Waals surface area contributed by atoms with Crippen LogP contribution < -0.4 is 14.5 Å². The molecule has 2 aromatic rings. The summed E-state index contributed by atoms with van der Waals surface area (Å²) in [4.78, 5) is 15.3. The van der Waals surface area contributed by atoms with Crippen molar-refractivity contribution in [1.29, 1.82) is 0 Å². The van der Waals surface area contributed by atoms with Gasteiger partial charge < -0.3 is 19.6 Å². The highest BCUT2D eigenvalue weighted by Gasteiger charge is 2.51.